The van der Waals surface area contributed by atoms with Crippen molar-refractivity contribution in [2.75, 3.05) is 14.7 Å². The van der Waals surface area contributed by atoms with Crippen molar-refractivity contribution in [1.29, 1.82) is 0 Å². The van der Waals surface area contributed by atoms with E-state index in [2.05, 4.69) is 316 Å². The number of hydrogen-bond donors (Lipinski definition) is 0. The Bertz CT molecular complexity index is 4180. The molecule has 2 heterocycles. The lowest BCUT2D eigenvalue weighted by molar-refractivity contribution is 0.332. The zero-order valence-corrected chi connectivity index (χ0v) is 51.3. The molecule has 14 rings (SSSR count). The van der Waals surface area contributed by atoms with Gasteiger partial charge in [-0.3, -0.25) is 0 Å². The summed E-state index contributed by atoms with van der Waals surface area (Å²) in [5, 5.41) is 0. The van der Waals surface area contributed by atoms with Crippen molar-refractivity contribution < 1.29 is 0 Å². The first kappa shape index (κ1) is 53.7. The second-order valence-corrected chi connectivity index (χ2v) is 28.4. The first-order chi connectivity index (χ1) is 40.2. The van der Waals surface area contributed by atoms with Gasteiger partial charge in [-0.2, -0.15) is 0 Å². The fraction of sp³-hybridized carbons (Fsp3) is 0.250. The van der Waals surface area contributed by atoms with Gasteiger partial charge in [0.05, 0.1) is 11.4 Å². The Labute approximate surface area is 500 Å². The van der Waals surface area contributed by atoms with Crippen LogP contribution >= 0.6 is 0 Å². The van der Waals surface area contributed by atoms with Crippen LogP contribution in [0.15, 0.2) is 218 Å². The molecule has 0 amide bonds. The molecule has 2 aliphatic carbocycles. The SMILES string of the molecule is Cc1ccc(-c2ccccc2)cc1N1c2cc(-c3ccccc3)ccc2B2c3cc4c(cc3N(c3ccc(C(C)(C)C)cc3-c3ccc5c(c3)C(C)(C)CCC5(C)C)c3cc(N(c5ccccc5)c5ccccc5)cc1c32)C(C)(C)CC4(C)C. The predicted octanol–water partition coefficient (Wildman–Crippen LogP) is 20.2. The maximum Gasteiger partial charge on any atom is 0.252 e. The summed E-state index contributed by atoms with van der Waals surface area (Å²) < 4.78 is 0. The number of fused-ring (bicyclic) bond motifs is 6. The maximum atomic E-state index is 2.73. The highest BCUT2D eigenvalue weighted by molar-refractivity contribution is 7.00. The molecular weight excluding hydrogens is 1010 g/mol. The molecule has 0 bridgehead atoms. The van der Waals surface area contributed by atoms with Crippen LogP contribution in [0, 0.1) is 6.92 Å². The molecule has 0 atom stereocenters. The van der Waals surface area contributed by atoms with Crippen LogP contribution in [0.2, 0.25) is 0 Å². The number of rotatable bonds is 8. The largest absolute Gasteiger partial charge is 0.311 e. The lowest BCUT2D eigenvalue weighted by atomic mass is 9.33. The molecule has 2 aliphatic heterocycles. The summed E-state index contributed by atoms with van der Waals surface area (Å²) in [6.45, 7) is 29.0. The second kappa shape index (κ2) is 19.4. The van der Waals surface area contributed by atoms with E-state index in [1.807, 2.05) is 0 Å². The summed E-state index contributed by atoms with van der Waals surface area (Å²) in [7, 11) is 0. The van der Waals surface area contributed by atoms with Crippen molar-refractivity contribution in [1.82, 2.24) is 0 Å². The quantitative estimate of drug-likeness (QED) is 0.140. The van der Waals surface area contributed by atoms with Crippen molar-refractivity contribution in [2.45, 2.75) is 129 Å². The third kappa shape index (κ3) is 8.76. The fourth-order valence-electron chi connectivity index (χ4n) is 15.3. The lowest BCUT2D eigenvalue weighted by Crippen LogP contribution is -2.61. The Morgan fingerprint density at radius 2 is 0.857 bits per heavy atom. The van der Waals surface area contributed by atoms with E-state index < -0.39 is 0 Å². The molecule has 84 heavy (non-hydrogen) atoms. The van der Waals surface area contributed by atoms with E-state index in [0.29, 0.717) is 0 Å². The van der Waals surface area contributed by atoms with E-state index in [0.717, 1.165) is 35.6 Å². The number of anilines is 9. The summed E-state index contributed by atoms with van der Waals surface area (Å²) in [6, 6.07) is 83.7. The Hall–Kier alpha value is -8.34. The van der Waals surface area contributed by atoms with Gasteiger partial charge in [-0.05, 0) is 198 Å². The van der Waals surface area contributed by atoms with E-state index in [-0.39, 0.29) is 33.8 Å². The summed E-state index contributed by atoms with van der Waals surface area (Å²) in [4.78, 5) is 7.86. The number of aryl methyl sites for hydroxylation is 1. The normalized spacial score (nSPS) is 16.5. The Morgan fingerprint density at radius 3 is 1.44 bits per heavy atom. The highest BCUT2D eigenvalue weighted by Gasteiger charge is 2.49. The molecule has 10 aromatic rings. The monoisotopic (exact) mass is 1090 g/mol. The zero-order valence-electron chi connectivity index (χ0n) is 51.3. The smallest absolute Gasteiger partial charge is 0.252 e. The molecule has 0 saturated carbocycles. The maximum absolute atomic E-state index is 2.73. The van der Waals surface area contributed by atoms with Crippen LogP contribution in [0.25, 0.3) is 33.4 Å². The minimum absolute atomic E-state index is 0.0313. The minimum atomic E-state index is -0.0974. The zero-order chi connectivity index (χ0) is 58.2. The van der Waals surface area contributed by atoms with E-state index in [1.165, 1.54) is 118 Å². The van der Waals surface area contributed by atoms with Crippen molar-refractivity contribution in [3.8, 4) is 33.4 Å². The third-order valence-corrected chi connectivity index (χ3v) is 19.8. The summed E-state index contributed by atoms with van der Waals surface area (Å²) in [6.07, 6.45) is 3.40. The van der Waals surface area contributed by atoms with E-state index in [4.69, 9.17) is 0 Å². The highest BCUT2D eigenvalue weighted by atomic mass is 15.2. The van der Waals surface area contributed by atoms with Crippen LogP contribution in [-0.4, -0.2) is 6.71 Å². The predicted molar refractivity (Wildman–Crippen MR) is 361 cm³/mol. The average Bonchev–Trinajstić information content (AvgIpc) is 1.02. The fourth-order valence-corrected chi connectivity index (χ4v) is 15.3. The van der Waals surface area contributed by atoms with E-state index in [9.17, 15) is 0 Å². The van der Waals surface area contributed by atoms with Crippen molar-refractivity contribution >= 4 is 74.3 Å². The Kier molecular flexibility index (Phi) is 12.4. The van der Waals surface area contributed by atoms with Crippen LogP contribution < -0.4 is 31.1 Å². The van der Waals surface area contributed by atoms with Gasteiger partial charge in [0.25, 0.3) is 6.71 Å². The molecule has 4 heteroatoms. The van der Waals surface area contributed by atoms with Gasteiger partial charge in [-0.25, -0.2) is 0 Å². The van der Waals surface area contributed by atoms with Crippen LogP contribution in [0.1, 0.15) is 129 Å². The number of nitrogens with zero attached hydrogens (tertiary/aromatic N) is 3. The van der Waals surface area contributed by atoms with Crippen molar-refractivity contribution in [3.05, 3.63) is 252 Å². The molecule has 3 nitrogen and oxygen atoms in total. The molecule has 4 aliphatic rings. The molecule has 0 aromatic heterocycles. The average molecular weight is 1090 g/mol. The minimum Gasteiger partial charge on any atom is -0.311 e. The van der Waals surface area contributed by atoms with E-state index in [1.54, 1.807) is 0 Å². The van der Waals surface area contributed by atoms with Crippen LogP contribution in [-0.2, 0) is 27.1 Å². The summed E-state index contributed by atoms with van der Waals surface area (Å²) >= 11 is 0. The molecule has 0 fully saturated rings. The molecule has 10 aromatic carbocycles. The van der Waals surface area contributed by atoms with Crippen molar-refractivity contribution in [2.24, 2.45) is 0 Å². The molecule has 0 radical (unpaired) electrons. The topological polar surface area (TPSA) is 9.72 Å². The van der Waals surface area contributed by atoms with Gasteiger partial charge >= 0.3 is 0 Å². The summed E-state index contributed by atoms with van der Waals surface area (Å²) in [5.41, 5.74) is 30.1. The highest BCUT2D eigenvalue weighted by Crippen LogP contribution is 2.56. The number of benzene rings is 10. The number of para-hydroxylation sites is 2. The van der Waals surface area contributed by atoms with Gasteiger partial charge in [-0.15, -0.1) is 0 Å². The van der Waals surface area contributed by atoms with Gasteiger partial charge < -0.3 is 14.7 Å². The Morgan fingerprint density at radius 1 is 0.369 bits per heavy atom. The van der Waals surface area contributed by atoms with Gasteiger partial charge in [-0.1, -0.05) is 228 Å². The van der Waals surface area contributed by atoms with Crippen LogP contribution in [0.5, 0.6) is 0 Å². The van der Waals surface area contributed by atoms with Gasteiger partial charge in [0, 0.05) is 45.4 Å². The van der Waals surface area contributed by atoms with Crippen LogP contribution in [0.3, 0.4) is 0 Å². The molecule has 0 spiro atoms. The Balaban J connectivity index is 1.15. The van der Waals surface area contributed by atoms with Crippen LogP contribution in [0.4, 0.5) is 51.2 Å². The molecule has 416 valence electrons. The van der Waals surface area contributed by atoms with Gasteiger partial charge in [0.1, 0.15) is 0 Å². The van der Waals surface area contributed by atoms with Gasteiger partial charge in [0.15, 0.2) is 0 Å². The molecule has 0 N–H and O–H groups in total. The molecule has 0 unspecified atom stereocenters. The third-order valence-electron chi connectivity index (χ3n) is 19.8. The first-order valence-corrected chi connectivity index (χ1v) is 30.7. The van der Waals surface area contributed by atoms with Gasteiger partial charge in [0.2, 0.25) is 0 Å². The first-order valence-electron chi connectivity index (χ1n) is 30.7. The summed E-state index contributed by atoms with van der Waals surface area (Å²) in [5.74, 6) is 0. The number of hydrogen-bond acceptors (Lipinski definition) is 3. The lowest BCUT2D eigenvalue weighted by Gasteiger charge is -2.46. The standard InChI is InChI=1S/C80H78BN3/c1-52-33-34-55(53-25-17-13-18-26-53)44-70(52)84-71-45-56(54-27-19-14-20-28-54)36-39-67(71)81-68-49-65-66(80(11,12)51-79(65,9)10)50-72(68)83(73-47-61(48-74(84)75(73)81)82(59-29-21-15-22-30-59)60-31-23-16-24-32-60)69-40-37-58(76(2,3)4)46-62(69)57-35-38-63-64(43-57)78(7,8)42-41-77(63,5)6/h13-40,43-50H,41-42,51H2,1-12H3. The molecular formula is C80H78BN3. The van der Waals surface area contributed by atoms with Crippen molar-refractivity contribution in [3.63, 3.8) is 0 Å². The second-order valence-electron chi connectivity index (χ2n) is 28.4. The van der Waals surface area contributed by atoms with E-state index >= 15 is 0 Å². The molecule has 0 saturated heterocycles.